The van der Waals surface area contributed by atoms with Crippen LogP contribution < -0.4 is 4.90 Å². The standard InChI is InChI=1S/C9H7BrF3NO/c1-6(15)14(9(11,12)13)8-5-3-2-4-7(8)10/h2-5H,1H3. The highest BCUT2D eigenvalue weighted by molar-refractivity contribution is 9.10. The van der Waals surface area contributed by atoms with Gasteiger partial charge in [-0.3, -0.25) is 4.79 Å². The number of benzene rings is 1. The second-order valence-corrected chi connectivity index (χ2v) is 3.63. The van der Waals surface area contributed by atoms with Gasteiger partial charge in [-0.05, 0) is 28.1 Å². The summed E-state index contributed by atoms with van der Waals surface area (Å²) < 4.78 is 37.8. The van der Waals surface area contributed by atoms with Crippen LogP contribution in [0, 0.1) is 0 Å². The van der Waals surface area contributed by atoms with Gasteiger partial charge in [-0.15, -0.1) is 13.2 Å². The summed E-state index contributed by atoms with van der Waals surface area (Å²) >= 11 is 2.96. The molecule has 0 atom stereocenters. The van der Waals surface area contributed by atoms with Crippen LogP contribution in [0.3, 0.4) is 0 Å². The molecule has 0 aliphatic heterocycles. The maximum Gasteiger partial charge on any atom is 0.491 e. The van der Waals surface area contributed by atoms with E-state index >= 15 is 0 Å². The molecule has 0 aromatic heterocycles. The normalized spacial score (nSPS) is 11.3. The maximum absolute atomic E-state index is 12.5. The first-order chi connectivity index (χ1) is 6.84. The van der Waals surface area contributed by atoms with Crippen molar-refractivity contribution < 1.29 is 18.0 Å². The van der Waals surface area contributed by atoms with Crippen LogP contribution in [0.2, 0.25) is 0 Å². The SMILES string of the molecule is CC(=O)N(c1ccccc1Br)C(F)(F)F. The van der Waals surface area contributed by atoms with Crippen molar-refractivity contribution in [1.29, 1.82) is 0 Å². The Morgan fingerprint density at radius 1 is 1.33 bits per heavy atom. The number of rotatable bonds is 1. The van der Waals surface area contributed by atoms with Gasteiger partial charge in [0.1, 0.15) is 0 Å². The third-order valence-corrected chi connectivity index (χ3v) is 2.33. The topological polar surface area (TPSA) is 20.3 Å². The first-order valence-electron chi connectivity index (χ1n) is 3.96. The van der Waals surface area contributed by atoms with E-state index in [-0.39, 0.29) is 15.1 Å². The molecule has 1 amide bonds. The minimum Gasteiger partial charge on any atom is -0.275 e. The van der Waals surface area contributed by atoms with E-state index in [0.717, 1.165) is 6.92 Å². The second kappa shape index (κ2) is 4.22. The molecule has 1 rings (SSSR count). The Morgan fingerprint density at radius 2 is 1.87 bits per heavy atom. The lowest BCUT2D eigenvalue weighted by atomic mass is 10.3. The van der Waals surface area contributed by atoms with Crippen LogP contribution in [-0.4, -0.2) is 12.2 Å². The summed E-state index contributed by atoms with van der Waals surface area (Å²) in [6, 6.07) is 5.67. The molecule has 82 valence electrons. The fourth-order valence-corrected chi connectivity index (χ4v) is 1.58. The Kier molecular flexibility index (Phi) is 3.38. The zero-order chi connectivity index (χ0) is 11.6. The van der Waals surface area contributed by atoms with Crippen LogP contribution in [0.1, 0.15) is 6.92 Å². The molecular weight excluding hydrogens is 275 g/mol. The Hall–Kier alpha value is -1.04. The Balaban J connectivity index is 3.23. The molecule has 0 bridgehead atoms. The average Bonchev–Trinajstić information content (AvgIpc) is 2.05. The van der Waals surface area contributed by atoms with Gasteiger partial charge in [0.25, 0.3) is 0 Å². The summed E-state index contributed by atoms with van der Waals surface area (Å²) in [6.45, 7) is 0.868. The fourth-order valence-electron chi connectivity index (χ4n) is 1.12. The highest BCUT2D eigenvalue weighted by Crippen LogP contribution is 2.33. The van der Waals surface area contributed by atoms with Crippen LogP contribution in [0.15, 0.2) is 28.7 Å². The van der Waals surface area contributed by atoms with Crippen LogP contribution in [0.25, 0.3) is 0 Å². The largest absolute Gasteiger partial charge is 0.491 e. The van der Waals surface area contributed by atoms with Crippen molar-refractivity contribution in [2.75, 3.05) is 4.90 Å². The van der Waals surface area contributed by atoms with Gasteiger partial charge in [0.05, 0.1) is 5.69 Å². The van der Waals surface area contributed by atoms with Gasteiger partial charge < -0.3 is 0 Å². The van der Waals surface area contributed by atoms with E-state index in [0.29, 0.717) is 0 Å². The molecule has 1 aromatic rings. The number of nitrogens with zero attached hydrogens (tertiary/aromatic N) is 1. The predicted octanol–water partition coefficient (Wildman–Crippen LogP) is 3.32. The van der Waals surface area contributed by atoms with Gasteiger partial charge in [0.15, 0.2) is 0 Å². The third-order valence-electron chi connectivity index (χ3n) is 1.66. The lowest BCUT2D eigenvalue weighted by Crippen LogP contribution is -2.41. The first-order valence-corrected chi connectivity index (χ1v) is 4.75. The van der Waals surface area contributed by atoms with Crippen LogP contribution in [0.5, 0.6) is 0 Å². The van der Waals surface area contributed by atoms with E-state index in [9.17, 15) is 18.0 Å². The number of carbonyl (C=O) groups excluding carboxylic acids is 1. The number of alkyl halides is 3. The molecule has 0 saturated heterocycles. The minimum atomic E-state index is -4.71. The van der Waals surface area contributed by atoms with Crippen molar-refractivity contribution in [3.63, 3.8) is 0 Å². The molecule has 0 unspecified atom stereocenters. The number of hydrogen-bond acceptors (Lipinski definition) is 1. The molecule has 0 heterocycles. The van der Waals surface area contributed by atoms with Crippen molar-refractivity contribution in [2.24, 2.45) is 0 Å². The van der Waals surface area contributed by atoms with Gasteiger partial charge in [-0.2, -0.15) is 0 Å². The molecule has 1 aromatic carbocycles. The molecule has 2 nitrogen and oxygen atoms in total. The summed E-state index contributed by atoms with van der Waals surface area (Å²) in [5.74, 6) is -1.07. The van der Waals surface area contributed by atoms with Crippen molar-refractivity contribution in [1.82, 2.24) is 0 Å². The first kappa shape index (κ1) is 12.0. The van der Waals surface area contributed by atoms with E-state index in [1.807, 2.05) is 0 Å². The lowest BCUT2D eigenvalue weighted by molar-refractivity contribution is -0.148. The lowest BCUT2D eigenvalue weighted by Gasteiger charge is -2.24. The van der Waals surface area contributed by atoms with Gasteiger partial charge in [0, 0.05) is 11.4 Å². The average molecular weight is 282 g/mol. The molecular formula is C9H7BrF3NO. The molecule has 6 heteroatoms. The molecule has 0 fully saturated rings. The number of amides is 1. The summed E-state index contributed by atoms with van der Waals surface area (Å²) in [7, 11) is 0. The molecule has 0 radical (unpaired) electrons. The van der Waals surface area contributed by atoms with E-state index in [1.165, 1.54) is 18.2 Å². The van der Waals surface area contributed by atoms with Crippen LogP contribution in [-0.2, 0) is 4.79 Å². The molecule has 0 saturated carbocycles. The predicted molar refractivity (Wildman–Crippen MR) is 53.4 cm³/mol. The summed E-state index contributed by atoms with van der Waals surface area (Å²) in [5.41, 5.74) is -0.211. The van der Waals surface area contributed by atoms with Crippen LogP contribution >= 0.6 is 15.9 Å². The molecule has 0 aliphatic carbocycles. The zero-order valence-electron chi connectivity index (χ0n) is 7.68. The van der Waals surface area contributed by atoms with E-state index < -0.39 is 12.2 Å². The molecule has 0 aliphatic rings. The van der Waals surface area contributed by atoms with Gasteiger partial charge in [0.2, 0.25) is 5.91 Å². The van der Waals surface area contributed by atoms with Gasteiger partial charge in [-0.25, -0.2) is 4.90 Å². The fraction of sp³-hybridized carbons (Fsp3) is 0.222. The Bertz CT molecular complexity index is 378. The Labute approximate surface area is 92.8 Å². The minimum absolute atomic E-state index is 0.211. The number of hydrogen-bond donors (Lipinski definition) is 0. The van der Waals surface area contributed by atoms with Crippen molar-refractivity contribution >= 4 is 27.5 Å². The maximum atomic E-state index is 12.5. The van der Waals surface area contributed by atoms with E-state index in [4.69, 9.17) is 0 Å². The highest BCUT2D eigenvalue weighted by Gasteiger charge is 2.41. The molecule has 0 spiro atoms. The smallest absolute Gasteiger partial charge is 0.275 e. The summed E-state index contributed by atoms with van der Waals surface area (Å²) in [5, 5.41) is 0. The number of para-hydroxylation sites is 1. The zero-order valence-corrected chi connectivity index (χ0v) is 9.26. The molecule has 0 N–H and O–H groups in total. The van der Waals surface area contributed by atoms with E-state index in [1.54, 1.807) is 6.07 Å². The van der Waals surface area contributed by atoms with Crippen molar-refractivity contribution in [3.05, 3.63) is 28.7 Å². The van der Waals surface area contributed by atoms with Gasteiger partial charge >= 0.3 is 6.30 Å². The number of carbonyl (C=O) groups is 1. The van der Waals surface area contributed by atoms with Crippen LogP contribution in [0.4, 0.5) is 18.9 Å². The quantitative estimate of drug-likeness (QED) is 0.723. The summed E-state index contributed by atoms with van der Waals surface area (Å²) in [4.78, 5) is 10.7. The summed E-state index contributed by atoms with van der Waals surface area (Å²) in [6.07, 6.45) is -4.71. The number of anilines is 1. The monoisotopic (exact) mass is 281 g/mol. The molecule has 15 heavy (non-hydrogen) atoms. The van der Waals surface area contributed by atoms with Crippen molar-refractivity contribution in [3.8, 4) is 0 Å². The van der Waals surface area contributed by atoms with Crippen molar-refractivity contribution in [2.45, 2.75) is 13.2 Å². The second-order valence-electron chi connectivity index (χ2n) is 2.77. The van der Waals surface area contributed by atoms with E-state index in [2.05, 4.69) is 15.9 Å². The van der Waals surface area contributed by atoms with Gasteiger partial charge in [-0.1, -0.05) is 12.1 Å². The Morgan fingerprint density at radius 3 is 2.27 bits per heavy atom. The number of halogens is 4. The highest BCUT2D eigenvalue weighted by atomic mass is 79.9. The third kappa shape index (κ3) is 2.71.